The summed E-state index contributed by atoms with van der Waals surface area (Å²) in [4.78, 5) is 0. The molecular weight excluding hydrogens is 144 g/mol. The minimum atomic E-state index is -0.532. The van der Waals surface area contributed by atoms with E-state index in [9.17, 15) is 0 Å². The average Bonchev–Trinajstić information content (AvgIpc) is 1.84. The van der Waals surface area contributed by atoms with E-state index in [2.05, 4.69) is 0 Å². The number of hydrogen-bond donors (Lipinski definition) is 0. The van der Waals surface area contributed by atoms with Crippen molar-refractivity contribution in [1.82, 2.24) is 0 Å². The molecule has 0 saturated heterocycles. The zero-order valence-corrected chi connectivity index (χ0v) is 7.96. The normalized spacial score (nSPS) is 12.0. The predicted molar refractivity (Wildman–Crippen MR) is 43.2 cm³/mol. The molecule has 0 heterocycles. The van der Waals surface area contributed by atoms with Gasteiger partial charge >= 0.3 is 0 Å². The van der Waals surface area contributed by atoms with Crippen LogP contribution >= 0.6 is 0 Å². The van der Waals surface area contributed by atoms with Crippen LogP contribution in [-0.2, 0) is 14.2 Å². The Morgan fingerprint density at radius 2 is 1.18 bits per heavy atom. The molecule has 0 amide bonds. The van der Waals surface area contributed by atoms with Gasteiger partial charge in [0.15, 0.2) is 0 Å². The van der Waals surface area contributed by atoms with E-state index in [1.165, 1.54) is 0 Å². The molecule has 0 aliphatic carbocycles. The standard InChI is InChI=1S/C8H18O3/c1-6(2)10-8(9-5)11-7(3)4/h6-8H,1-5H3. The van der Waals surface area contributed by atoms with E-state index in [1.54, 1.807) is 7.11 Å². The Labute approximate surface area is 68.6 Å². The molecule has 0 N–H and O–H groups in total. The number of hydrogen-bond acceptors (Lipinski definition) is 3. The van der Waals surface area contributed by atoms with Crippen molar-refractivity contribution < 1.29 is 14.2 Å². The topological polar surface area (TPSA) is 27.7 Å². The molecule has 68 valence electrons. The molecule has 0 radical (unpaired) electrons. The summed E-state index contributed by atoms with van der Waals surface area (Å²) in [5, 5.41) is 0. The third-order valence-electron chi connectivity index (χ3n) is 0.959. The molecule has 0 aromatic rings. The zero-order valence-electron chi connectivity index (χ0n) is 7.96. The van der Waals surface area contributed by atoms with Gasteiger partial charge in [0.05, 0.1) is 12.2 Å². The highest BCUT2D eigenvalue weighted by molar-refractivity contribution is 4.38. The van der Waals surface area contributed by atoms with Crippen molar-refractivity contribution in [1.29, 1.82) is 0 Å². The Kier molecular flexibility index (Phi) is 5.46. The van der Waals surface area contributed by atoms with Gasteiger partial charge in [-0.2, -0.15) is 0 Å². The van der Waals surface area contributed by atoms with E-state index in [0.29, 0.717) is 0 Å². The van der Waals surface area contributed by atoms with E-state index in [-0.39, 0.29) is 12.2 Å². The molecule has 11 heavy (non-hydrogen) atoms. The third-order valence-corrected chi connectivity index (χ3v) is 0.959. The lowest BCUT2D eigenvalue weighted by molar-refractivity contribution is -0.301. The van der Waals surface area contributed by atoms with Crippen LogP contribution in [0.5, 0.6) is 0 Å². The summed E-state index contributed by atoms with van der Waals surface area (Å²) in [7, 11) is 1.56. The van der Waals surface area contributed by atoms with Crippen LogP contribution in [0.2, 0.25) is 0 Å². The summed E-state index contributed by atoms with van der Waals surface area (Å²) in [5.41, 5.74) is 0. The second kappa shape index (κ2) is 5.52. The van der Waals surface area contributed by atoms with Crippen LogP contribution in [0.3, 0.4) is 0 Å². The molecule has 0 bridgehead atoms. The first-order valence-electron chi connectivity index (χ1n) is 3.90. The van der Waals surface area contributed by atoms with Crippen molar-refractivity contribution >= 4 is 0 Å². The van der Waals surface area contributed by atoms with Crippen molar-refractivity contribution in [3.05, 3.63) is 0 Å². The van der Waals surface area contributed by atoms with Gasteiger partial charge in [0.2, 0.25) is 0 Å². The summed E-state index contributed by atoms with van der Waals surface area (Å²) in [5.74, 6) is 0. The highest BCUT2D eigenvalue weighted by Gasteiger charge is 2.10. The van der Waals surface area contributed by atoms with E-state index in [0.717, 1.165) is 0 Å². The van der Waals surface area contributed by atoms with Crippen molar-refractivity contribution in [3.8, 4) is 0 Å². The SMILES string of the molecule is COC(OC(C)C)OC(C)C. The Morgan fingerprint density at radius 3 is 1.36 bits per heavy atom. The van der Waals surface area contributed by atoms with Gasteiger partial charge in [-0.05, 0) is 27.7 Å². The van der Waals surface area contributed by atoms with Gasteiger partial charge in [-0.1, -0.05) is 0 Å². The molecule has 3 heteroatoms. The zero-order chi connectivity index (χ0) is 8.85. The average molecular weight is 162 g/mol. The third kappa shape index (κ3) is 6.28. The number of rotatable bonds is 5. The summed E-state index contributed by atoms with van der Waals surface area (Å²) in [6.45, 7) is 7.23. The molecule has 0 atom stereocenters. The van der Waals surface area contributed by atoms with Crippen LogP contribution in [0.1, 0.15) is 27.7 Å². The van der Waals surface area contributed by atoms with E-state index in [4.69, 9.17) is 14.2 Å². The molecule has 0 unspecified atom stereocenters. The van der Waals surface area contributed by atoms with Crippen LogP contribution in [-0.4, -0.2) is 25.8 Å². The van der Waals surface area contributed by atoms with E-state index < -0.39 is 6.48 Å². The lowest BCUT2D eigenvalue weighted by Gasteiger charge is -2.20. The van der Waals surface area contributed by atoms with E-state index in [1.807, 2.05) is 27.7 Å². The van der Waals surface area contributed by atoms with Crippen LogP contribution in [0.25, 0.3) is 0 Å². The monoisotopic (exact) mass is 162 g/mol. The molecule has 0 fully saturated rings. The van der Waals surface area contributed by atoms with Gasteiger partial charge in [-0.3, -0.25) is 0 Å². The van der Waals surface area contributed by atoms with Crippen LogP contribution in [0.15, 0.2) is 0 Å². The Bertz CT molecular complexity index is 81.3. The van der Waals surface area contributed by atoms with Gasteiger partial charge in [0.1, 0.15) is 0 Å². The maximum Gasteiger partial charge on any atom is 0.271 e. The summed E-state index contributed by atoms with van der Waals surface area (Å²) in [6.07, 6.45) is 0.248. The van der Waals surface area contributed by atoms with Crippen molar-refractivity contribution in [2.45, 2.75) is 46.4 Å². The van der Waals surface area contributed by atoms with Crippen molar-refractivity contribution in [2.24, 2.45) is 0 Å². The summed E-state index contributed by atoms with van der Waals surface area (Å²) in [6, 6.07) is 0. The molecule has 0 spiro atoms. The Balaban J connectivity index is 3.58. The fourth-order valence-corrected chi connectivity index (χ4v) is 0.588. The second-order valence-electron chi connectivity index (χ2n) is 2.89. The molecule has 0 aliphatic heterocycles. The smallest absolute Gasteiger partial charge is 0.271 e. The minimum Gasteiger partial charge on any atom is -0.333 e. The maximum atomic E-state index is 5.27. The van der Waals surface area contributed by atoms with Gasteiger partial charge in [-0.15, -0.1) is 0 Å². The summed E-state index contributed by atoms with van der Waals surface area (Å²) >= 11 is 0. The van der Waals surface area contributed by atoms with Crippen molar-refractivity contribution in [2.75, 3.05) is 7.11 Å². The van der Waals surface area contributed by atoms with Crippen molar-refractivity contribution in [3.63, 3.8) is 0 Å². The maximum absolute atomic E-state index is 5.27. The van der Waals surface area contributed by atoms with Crippen LogP contribution in [0.4, 0.5) is 0 Å². The van der Waals surface area contributed by atoms with Gasteiger partial charge in [0, 0.05) is 7.11 Å². The Morgan fingerprint density at radius 1 is 0.818 bits per heavy atom. The molecule has 0 aromatic carbocycles. The molecule has 0 aromatic heterocycles. The molecule has 3 nitrogen and oxygen atoms in total. The number of methoxy groups -OCH3 is 1. The lowest BCUT2D eigenvalue weighted by Crippen LogP contribution is -2.26. The molecule has 0 rings (SSSR count). The fourth-order valence-electron chi connectivity index (χ4n) is 0.588. The molecule has 0 saturated carbocycles. The van der Waals surface area contributed by atoms with E-state index >= 15 is 0 Å². The quantitative estimate of drug-likeness (QED) is 0.576. The van der Waals surface area contributed by atoms with Gasteiger partial charge in [0.25, 0.3) is 6.48 Å². The second-order valence-corrected chi connectivity index (χ2v) is 2.89. The van der Waals surface area contributed by atoms with Crippen LogP contribution in [0, 0.1) is 0 Å². The highest BCUT2D eigenvalue weighted by Crippen LogP contribution is 2.03. The summed E-state index contributed by atoms with van der Waals surface area (Å²) < 4.78 is 15.5. The first-order chi connectivity index (χ1) is 5.06. The number of ether oxygens (including phenoxy) is 3. The van der Waals surface area contributed by atoms with Gasteiger partial charge < -0.3 is 14.2 Å². The first-order valence-corrected chi connectivity index (χ1v) is 3.90. The highest BCUT2D eigenvalue weighted by atomic mass is 16.8. The van der Waals surface area contributed by atoms with Gasteiger partial charge in [-0.25, -0.2) is 0 Å². The Hall–Kier alpha value is -0.120. The first kappa shape index (κ1) is 10.9. The fraction of sp³-hybridized carbons (Fsp3) is 1.00. The largest absolute Gasteiger partial charge is 0.333 e. The molecule has 0 aliphatic rings. The van der Waals surface area contributed by atoms with Crippen LogP contribution < -0.4 is 0 Å². The predicted octanol–water partition coefficient (Wildman–Crippen LogP) is 1.77. The molecular formula is C8H18O3. The lowest BCUT2D eigenvalue weighted by atomic mass is 10.5. The minimum absolute atomic E-state index is 0.124.